The molecule has 1 aliphatic carbocycles. The van der Waals surface area contributed by atoms with E-state index in [1.807, 2.05) is 13.1 Å². The average molecular weight is 369 g/mol. The van der Waals surface area contributed by atoms with Gasteiger partial charge in [0, 0.05) is 36.3 Å². The van der Waals surface area contributed by atoms with Gasteiger partial charge in [0.2, 0.25) is 5.91 Å². The summed E-state index contributed by atoms with van der Waals surface area (Å²) in [5.41, 5.74) is 2.09. The van der Waals surface area contributed by atoms with E-state index in [9.17, 15) is 9.59 Å². The fourth-order valence-electron chi connectivity index (χ4n) is 3.87. The van der Waals surface area contributed by atoms with E-state index in [4.69, 9.17) is 4.52 Å². The summed E-state index contributed by atoms with van der Waals surface area (Å²) in [5.74, 6) is 0.363. The minimum Gasteiger partial charge on any atom is -0.359 e. The molecule has 8 nitrogen and oxygen atoms in total. The summed E-state index contributed by atoms with van der Waals surface area (Å²) in [6.45, 7) is 2.87. The third-order valence-corrected chi connectivity index (χ3v) is 5.34. The van der Waals surface area contributed by atoms with Crippen LogP contribution in [0.4, 0.5) is 0 Å². The van der Waals surface area contributed by atoms with Gasteiger partial charge >= 0.3 is 0 Å². The summed E-state index contributed by atoms with van der Waals surface area (Å²) in [5, 5.41) is 14.0. The Morgan fingerprint density at radius 1 is 1.44 bits per heavy atom. The van der Waals surface area contributed by atoms with E-state index in [2.05, 4.69) is 27.0 Å². The van der Waals surface area contributed by atoms with Crippen LogP contribution >= 0.6 is 0 Å². The molecular formula is C19H23N5O3. The zero-order chi connectivity index (χ0) is 18.9. The molecule has 4 rings (SSSR count). The van der Waals surface area contributed by atoms with Gasteiger partial charge in [0.1, 0.15) is 6.54 Å². The Bertz CT molecular complexity index is 897. The molecule has 0 radical (unpaired) electrons. The van der Waals surface area contributed by atoms with Crippen LogP contribution in [-0.4, -0.2) is 33.3 Å². The van der Waals surface area contributed by atoms with E-state index in [0.717, 1.165) is 36.9 Å². The summed E-state index contributed by atoms with van der Waals surface area (Å²) in [6, 6.07) is 1.64. The first kappa shape index (κ1) is 17.5. The zero-order valence-corrected chi connectivity index (χ0v) is 15.3. The van der Waals surface area contributed by atoms with E-state index in [1.54, 1.807) is 16.9 Å². The lowest BCUT2D eigenvalue weighted by molar-refractivity contribution is -0.122. The van der Waals surface area contributed by atoms with Crippen molar-refractivity contribution in [2.75, 3.05) is 6.54 Å². The highest BCUT2D eigenvalue weighted by Crippen LogP contribution is 2.42. The van der Waals surface area contributed by atoms with Gasteiger partial charge in [-0.25, -0.2) is 0 Å². The molecule has 0 saturated carbocycles. The minimum absolute atomic E-state index is 0.0557. The quantitative estimate of drug-likeness (QED) is 0.838. The van der Waals surface area contributed by atoms with Gasteiger partial charge < -0.3 is 15.2 Å². The van der Waals surface area contributed by atoms with Crippen LogP contribution in [-0.2, 0) is 11.3 Å². The van der Waals surface area contributed by atoms with E-state index >= 15 is 0 Å². The summed E-state index contributed by atoms with van der Waals surface area (Å²) in [6.07, 6.45) is 9.99. The molecule has 0 aromatic carbocycles. The van der Waals surface area contributed by atoms with Crippen molar-refractivity contribution in [2.24, 2.45) is 5.41 Å². The van der Waals surface area contributed by atoms with Crippen LogP contribution in [0.5, 0.6) is 0 Å². The first-order valence-corrected chi connectivity index (χ1v) is 9.27. The number of piperidine rings is 1. The summed E-state index contributed by atoms with van der Waals surface area (Å²) in [4.78, 5) is 24.2. The average Bonchev–Trinajstić information content (AvgIpc) is 3.29. The summed E-state index contributed by atoms with van der Waals surface area (Å²) < 4.78 is 7.01. The van der Waals surface area contributed by atoms with Crippen LogP contribution in [0.15, 0.2) is 34.8 Å². The lowest BCUT2D eigenvalue weighted by Gasteiger charge is -2.42. The number of hydrogen-bond donors (Lipinski definition) is 2. The van der Waals surface area contributed by atoms with Gasteiger partial charge in [0.15, 0.2) is 11.5 Å². The number of amides is 2. The van der Waals surface area contributed by atoms with Gasteiger partial charge in [-0.2, -0.15) is 5.10 Å². The number of hydrogen-bond acceptors (Lipinski definition) is 5. The van der Waals surface area contributed by atoms with Crippen molar-refractivity contribution in [1.29, 1.82) is 0 Å². The normalized spacial score (nSPS) is 22.0. The molecule has 2 N–H and O–H groups in total. The number of aromatic nitrogens is 3. The van der Waals surface area contributed by atoms with Crippen LogP contribution < -0.4 is 10.6 Å². The first-order valence-electron chi connectivity index (χ1n) is 9.27. The fraction of sp³-hybridized carbons (Fsp3) is 0.474. The molecule has 142 valence electrons. The molecule has 3 heterocycles. The second kappa shape index (κ2) is 7.02. The van der Waals surface area contributed by atoms with Crippen LogP contribution in [0.25, 0.3) is 0 Å². The van der Waals surface area contributed by atoms with E-state index in [0.29, 0.717) is 25.3 Å². The molecule has 0 bridgehead atoms. The van der Waals surface area contributed by atoms with Crippen LogP contribution in [0.3, 0.4) is 0 Å². The number of allylic oxidation sites excluding steroid dienone is 1. The summed E-state index contributed by atoms with van der Waals surface area (Å²) in [7, 11) is 0. The predicted octanol–water partition coefficient (Wildman–Crippen LogP) is 1.92. The van der Waals surface area contributed by atoms with E-state index < -0.39 is 0 Å². The number of nitrogens with zero attached hydrogens (tertiary/aromatic N) is 3. The molecule has 8 heteroatoms. The Morgan fingerprint density at radius 2 is 2.33 bits per heavy atom. The molecule has 1 aliphatic heterocycles. The van der Waals surface area contributed by atoms with Crippen molar-refractivity contribution in [3.05, 3.63) is 47.3 Å². The van der Waals surface area contributed by atoms with Gasteiger partial charge in [-0.15, -0.1) is 0 Å². The Hall–Kier alpha value is -2.90. The molecule has 1 saturated heterocycles. The standard InChI is InChI=1S/C19H23N5O3/c1-13-9-21-24(10-13)11-14-8-15(23-27-14)18(26)20-12-19-6-3-2-4-16(19)22-17(25)5-7-19/h4,8-10H,2-3,5-7,11-12H2,1H3,(H,20,26)(H,22,25). The number of carbonyl (C=O) groups excluding carboxylic acids is 2. The monoisotopic (exact) mass is 369 g/mol. The van der Waals surface area contributed by atoms with E-state index in [1.165, 1.54) is 0 Å². The maximum atomic E-state index is 12.5. The second-order valence-electron chi connectivity index (χ2n) is 7.41. The molecule has 1 atom stereocenters. The molecule has 1 unspecified atom stereocenters. The molecule has 0 spiro atoms. The molecule has 2 amide bonds. The topological polar surface area (TPSA) is 102 Å². The lowest BCUT2D eigenvalue weighted by Crippen LogP contribution is -2.48. The van der Waals surface area contributed by atoms with Gasteiger partial charge in [0.05, 0.1) is 6.20 Å². The maximum Gasteiger partial charge on any atom is 0.273 e. The second-order valence-corrected chi connectivity index (χ2v) is 7.41. The van der Waals surface area contributed by atoms with Crippen molar-refractivity contribution >= 4 is 11.8 Å². The molecule has 27 heavy (non-hydrogen) atoms. The third kappa shape index (κ3) is 3.65. The molecule has 2 aromatic heterocycles. The lowest BCUT2D eigenvalue weighted by atomic mass is 9.70. The van der Waals surface area contributed by atoms with Crippen molar-refractivity contribution < 1.29 is 14.1 Å². The molecular weight excluding hydrogens is 346 g/mol. The van der Waals surface area contributed by atoms with Crippen molar-refractivity contribution in [1.82, 2.24) is 25.6 Å². The van der Waals surface area contributed by atoms with Gasteiger partial charge in [-0.3, -0.25) is 14.3 Å². The summed E-state index contributed by atoms with van der Waals surface area (Å²) >= 11 is 0. The van der Waals surface area contributed by atoms with Gasteiger partial charge in [-0.1, -0.05) is 11.2 Å². The molecule has 2 aliphatic rings. The fourth-order valence-corrected chi connectivity index (χ4v) is 3.87. The largest absolute Gasteiger partial charge is 0.359 e. The number of carbonyl (C=O) groups is 2. The van der Waals surface area contributed by atoms with Crippen LogP contribution in [0, 0.1) is 12.3 Å². The highest BCUT2D eigenvalue weighted by Gasteiger charge is 2.40. The van der Waals surface area contributed by atoms with Crippen molar-refractivity contribution in [3.63, 3.8) is 0 Å². The van der Waals surface area contributed by atoms with Gasteiger partial charge in [0.25, 0.3) is 5.91 Å². The Morgan fingerprint density at radius 3 is 3.15 bits per heavy atom. The Kier molecular flexibility index (Phi) is 4.55. The minimum atomic E-state index is -0.266. The maximum absolute atomic E-state index is 12.5. The number of aryl methyl sites for hydroxylation is 1. The van der Waals surface area contributed by atoms with E-state index in [-0.39, 0.29) is 22.9 Å². The third-order valence-electron chi connectivity index (χ3n) is 5.34. The zero-order valence-electron chi connectivity index (χ0n) is 15.3. The van der Waals surface area contributed by atoms with Crippen molar-refractivity contribution in [2.45, 2.75) is 45.6 Å². The van der Waals surface area contributed by atoms with Crippen LogP contribution in [0.2, 0.25) is 0 Å². The predicted molar refractivity (Wildman–Crippen MR) is 96.6 cm³/mol. The highest BCUT2D eigenvalue weighted by atomic mass is 16.5. The number of nitrogens with one attached hydrogen (secondary N) is 2. The Labute approximate surface area is 157 Å². The Balaban J connectivity index is 1.40. The first-order chi connectivity index (χ1) is 13.0. The number of rotatable bonds is 5. The van der Waals surface area contributed by atoms with Crippen molar-refractivity contribution in [3.8, 4) is 0 Å². The molecule has 2 aromatic rings. The number of fused-ring (bicyclic) bond motifs is 1. The highest BCUT2D eigenvalue weighted by molar-refractivity contribution is 5.92. The smallest absolute Gasteiger partial charge is 0.273 e. The SMILES string of the molecule is Cc1cnn(Cc2cc(C(=O)NCC34CCCC=C3NC(=O)CC4)no2)c1. The van der Waals surface area contributed by atoms with Crippen LogP contribution in [0.1, 0.15) is 53.9 Å². The molecule has 1 fully saturated rings. The van der Waals surface area contributed by atoms with Gasteiger partial charge in [-0.05, 0) is 38.2 Å².